The van der Waals surface area contributed by atoms with Crippen molar-refractivity contribution in [2.45, 2.75) is 58.3 Å². The van der Waals surface area contributed by atoms with E-state index >= 15 is 0 Å². The van der Waals surface area contributed by atoms with Gasteiger partial charge in [0.25, 0.3) is 0 Å². The van der Waals surface area contributed by atoms with Crippen LogP contribution in [0.15, 0.2) is 12.2 Å². The van der Waals surface area contributed by atoms with Crippen molar-refractivity contribution in [1.29, 1.82) is 0 Å². The van der Waals surface area contributed by atoms with Crippen molar-refractivity contribution < 1.29 is 4.79 Å². The van der Waals surface area contributed by atoms with E-state index in [2.05, 4.69) is 17.1 Å². The molecular formula is C16H30N2O. The van der Waals surface area contributed by atoms with Gasteiger partial charge in [0.2, 0.25) is 5.91 Å². The Morgan fingerprint density at radius 1 is 1.16 bits per heavy atom. The van der Waals surface area contributed by atoms with Crippen LogP contribution in [0.3, 0.4) is 0 Å². The molecular weight excluding hydrogens is 236 g/mol. The van der Waals surface area contributed by atoms with E-state index in [-0.39, 0.29) is 5.91 Å². The van der Waals surface area contributed by atoms with E-state index in [4.69, 9.17) is 0 Å². The molecule has 0 aromatic heterocycles. The number of amides is 1. The molecule has 0 aromatic carbocycles. The number of carbonyl (C=O) groups excluding carboxylic acids is 1. The van der Waals surface area contributed by atoms with Gasteiger partial charge in [-0.2, -0.15) is 0 Å². The molecule has 19 heavy (non-hydrogen) atoms. The highest BCUT2D eigenvalue weighted by atomic mass is 16.1. The van der Waals surface area contributed by atoms with Gasteiger partial charge in [-0.15, -0.1) is 0 Å². The Balaban J connectivity index is 1.91. The lowest BCUT2D eigenvalue weighted by Gasteiger charge is -2.13. The number of carbonyl (C=O) groups is 1. The summed E-state index contributed by atoms with van der Waals surface area (Å²) in [5.41, 5.74) is 0. The van der Waals surface area contributed by atoms with Crippen LogP contribution in [-0.4, -0.2) is 37.0 Å². The van der Waals surface area contributed by atoms with E-state index in [0.29, 0.717) is 0 Å². The predicted molar refractivity (Wildman–Crippen MR) is 81.2 cm³/mol. The summed E-state index contributed by atoms with van der Waals surface area (Å²) in [6, 6.07) is 0. The molecule has 0 aromatic rings. The van der Waals surface area contributed by atoms with E-state index in [1.54, 1.807) is 6.08 Å². The van der Waals surface area contributed by atoms with Crippen LogP contribution in [0, 0.1) is 0 Å². The molecule has 1 fully saturated rings. The lowest BCUT2D eigenvalue weighted by atomic mass is 10.1. The normalized spacial score (nSPS) is 16.3. The summed E-state index contributed by atoms with van der Waals surface area (Å²) < 4.78 is 0. The van der Waals surface area contributed by atoms with Crippen LogP contribution >= 0.6 is 0 Å². The third kappa shape index (κ3) is 8.82. The van der Waals surface area contributed by atoms with Gasteiger partial charge in [0, 0.05) is 13.1 Å². The second-order valence-corrected chi connectivity index (χ2v) is 5.45. The zero-order valence-corrected chi connectivity index (χ0v) is 12.5. The highest BCUT2D eigenvalue weighted by Crippen LogP contribution is 2.06. The van der Waals surface area contributed by atoms with E-state index in [9.17, 15) is 4.79 Å². The first-order valence-corrected chi connectivity index (χ1v) is 7.99. The van der Waals surface area contributed by atoms with Gasteiger partial charge >= 0.3 is 0 Å². The molecule has 0 aliphatic carbocycles. The first-order valence-electron chi connectivity index (χ1n) is 7.99. The van der Waals surface area contributed by atoms with Gasteiger partial charge in [0.1, 0.15) is 0 Å². The van der Waals surface area contributed by atoms with Crippen LogP contribution in [0.4, 0.5) is 0 Å². The molecule has 0 atom stereocenters. The number of nitrogens with zero attached hydrogens (tertiary/aromatic N) is 1. The Kier molecular flexibility index (Phi) is 9.42. The molecule has 1 saturated heterocycles. The van der Waals surface area contributed by atoms with Gasteiger partial charge in [0.15, 0.2) is 0 Å². The number of nitrogens with one attached hydrogen (secondary N) is 1. The van der Waals surface area contributed by atoms with Crippen LogP contribution in [0.25, 0.3) is 0 Å². The molecule has 1 amide bonds. The topological polar surface area (TPSA) is 32.3 Å². The second-order valence-electron chi connectivity index (χ2n) is 5.45. The molecule has 0 bridgehead atoms. The number of hydrogen-bond donors (Lipinski definition) is 1. The molecule has 1 heterocycles. The third-order valence-corrected chi connectivity index (χ3v) is 3.67. The van der Waals surface area contributed by atoms with Crippen LogP contribution in [0.2, 0.25) is 0 Å². The summed E-state index contributed by atoms with van der Waals surface area (Å²) in [4.78, 5) is 13.9. The summed E-state index contributed by atoms with van der Waals surface area (Å²) in [6.07, 6.45) is 13.8. The van der Waals surface area contributed by atoms with Crippen molar-refractivity contribution in [3.8, 4) is 0 Å². The van der Waals surface area contributed by atoms with Crippen molar-refractivity contribution in [3.05, 3.63) is 12.2 Å². The fourth-order valence-electron chi connectivity index (χ4n) is 2.46. The van der Waals surface area contributed by atoms with Crippen LogP contribution in [0.1, 0.15) is 58.3 Å². The molecule has 1 aliphatic rings. The number of unbranched alkanes of at least 4 members (excludes halogenated alkanes) is 5. The van der Waals surface area contributed by atoms with Gasteiger partial charge in [-0.05, 0) is 44.8 Å². The SMILES string of the molecule is CCCCCCCC=CC(=O)NCCN1CCCC1. The van der Waals surface area contributed by atoms with Crippen molar-refractivity contribution in [2.24, 2.45) is 0 Å². The Hall–Kier alpha value is -0.830. The van der Waals surface area contributed by atoms with Gasteiger partial charge in [-0.1, -0.05) is 38.7 Å². The van der Waals surface area contributed by atoms with Gasteiger partial charge in [-0.3, -0.25) is 4.79 Å². The quantitative estimate of drug-likeness (QED) is 0.487. The number of allylic oxidation sites excluding steroid dienone is 1. The zero-order chi connectivity index (χ0) is 13.8. The molecule has 1 aliphatic heterocycles. The van der Waals surface area contributed by atoms with Crippen LogP contribution in [0.5, 0.6) is 0 Å². The standard InChI is InChI=1S/C16H30N2O/c1-2-3-4-5-6-7-8-11-16(19)17-12-15-18-13-9-10-14-18/h8,11H,2-7,9-10,12-15H2,1H3,(H,17,19). The molecule has 0 radical (unpaired) electrons. The molecule has 0 unspecified atom stereocenters. The van der Waals surface area contributed by atoms with Gasteiger partial charge in [-0.25, -0.2) is 0 Å². The summed E-state index contributed by atoms with van der Waals surface area (Å²) in [6.45, 7) is 6.40. The highest BCUT2D eigenvalue weighted by Gasteiger charge is 2.10. The first-order chi connectivity index (χ1) is 9.33. The maximum atomic E-state index is 11.5. The van der Waals surface area contributed by atoms with Crippen molar-refractivity contribution in [3.63, 3.8) is 0 Å². The monoisotopic (exact) mass is 266 g/mol. The van der Waals surface area contributed by atoms with Crippen LogP contribution < -0.4 is 5.32 Å². The summed E-state index contributed by atoms with van der Waals surface area (Å²) >= 11 is 0. The summed E-state index contributed by atoms with van der Waals surface area (Å²) in [5.74, 6) is 0.0627. The van der Waals surface area contributed by atoms with E-state index < -0.39 is 0 Å². The molecule has 0 spiro atoms. The first kappa shape index (κ1) is 16.2. The molecule has 0 saturated carbocycles. The average Bonchev–Trinajstić information content (AvgIpc) is 2.91. The molecule has 110 valence electrons. The fraction of sp³-hybridized carbons (Fsp3) is 0.812. The maximum Gasteiger partial charge on any atom is 0.243 e. The fourth-order valence-corrected chi connectivity index (χ4v) is 2.46. The van der Waals surface area contributed by atoms with Crippen molar-refractivity contribution >= 4 is 5.91 Å². The van der Waals surface area contributed by atoms with Gasteiger partial charge < -0.3 is 10.2 Å². The van der Waals surface area contributed by atoms with Gasteiger partial charge in [0.05, 0.1) is 0 Å². The predicted octanol–water partition coefficient (Wildman–Crippen LogP) is 3.12. The Labute approximate surface area is 118 Å². The zero-order valence-electron chi connectivity index (χ0n) is 12.5. The smallest absolute Gasteiger partial charge is 0.243 e. The minimum atomic E-state index is 0.0627. The molecule has 1 N–H and O–H groups in total. The van der Waals surface area contributed by atoms with E-state index in [1.165, 1.54) is 58.0 Å². The summed E-state index contributed by atoms with van der Waals surface area (Å²) in [5, 5.41) is 2.95. The molecule has 1 rings (SSSR count). The Morgan fingerprint density at radius 3 is 2.63 bits per heavy atom. The lowest BCUT2D eigenvalue weighted by molar-refractivity contribution is -0.116. The summed E-state index contributed by atoms with van der Waals surface area (Å²) in [7, 11) is 0. The van der Waals surface area contributed by atoms with Crippen molar-refractivity contribution in [1.82, 2.24) is 10.2 Å². The number of hydrogen-bond acceptors (Lipinski definition) is 2. The minimum Gasteiger partial charge on any atom is -0.351 e. The lowest BCUT2D eigenvalue weighted by Crippen LogP contribution is -2.32. The molecule has 3 heteroatoms. The Bertz CT molecular complexity index is 257. The highest BCUT2D eigenvalue weighted by molar-refractivity contribution is 5.87. The van der Waals surface area contributed by atoms with E-state index in [1.807, 2.05) is 6.08 Å². The van der Waals surface area contributed by atoms with Crippen LogP contribution in [-0.2, 0) is 4.79 Å². The average molecular weight is 266 g/mol. The Morgan fingerprint density at radius 2 is 1.89 bits per heavy atom. The maximum absolute atomic E-state index is 11.5. The van der Waals surface area contributed by atoms with E-state index in [0.717, 1.165) is 19.5 Å². The third-order valence-electron chi connectivity index (χ3n) is 3.67. The number of rotatable bonds is 10. The second kappa shape index (κ2) is 11.0. The number of likely N-dealkylation sites (tertiary alicyclic amines) is 1. The largest absolute Gasteiger partial charge is 0.351 e. The minimum absolute atomic E-state index is 0.0627. The van der Waals surface area contributed by atoms with Crippen molar-refractivity contribution in [2.75, 3.05) is 26.2 Å². The molecule has 3 nitrogen and oxygen atoms in total.